The summed E-state index contributed by atoms with van der Waals surface area (Å²) in [6, 6.07) is 0. The van der Waals surface area contributed by atoms with E-state index < -0.39 is 11.2 Å². The van der Waals surface area contributed by atoms with E-state index in [1.807, 2.05) is 4.90 Å². The number of thiazole rings is 1. The van der Waals surface area contributed by atoms with Crippen LogP contribution in [0, 0.1) is 5.92 Å². The minimum Gasteiger partial charge on any atom is -0.355 e. The van der Waals surface area contributed by atoms with E-state index in [-0.39, 0.29) is 24.2 Å². The number of amides is 1. The van der Waals surface area contributed by atoms with Crippen LogP contribution in [0.1, 0.15) is 22.7 Å². The zero-order valence-electron chi connectivity index (χ0n) is 12.4. The van der Waals surface area contributed by atoms with Crippen molar-refractivity contribution in [2.45, 2.75) is 25.6 Å². The number of nitrogens with one attached hydrogen (secondary N) is 1. The second-order valence-corrected chi connectivity index (χ2v) is 6.40. The van der Waals surface area contributed by atoms with Crippen molar-refractivity contribution in [1.82, 2.24) is 15.2 Å². The van der Waals surface area contributed by atoms with Gasteiger partial charge in [-0.15, -0.1) is 23.7 Å². The monoisotopic (exact) mass is 372 g/mol. The van der Waals surface area contributed by atoms with Gasteiger partial charge < -0.3 is 11.1 Å². The molecular formula is C13H20ClF3N4OS. The highest BCUT2D eigenvalue weighted by atomic mass is 35.5. The number of alkyl halides is 3. The minimum absolute atomic E-state index is 0. The van der Waals surface area contributed by atoms with Crippen LogP contribution in [0.2, 0.25) is 0 Å². The Morgan fingerprint density at radius 3 is 2.87 bits per heavy atom. The van der Waals surface area contributed by atoms with Gasteiger partial charge in [-0.05, 0) is 19.4 Å². The number of hydrogen-bond acceptors (Lipinski definition) is 5. The zero-order valence-corrected chi connectivity index (χ0v) is 14.1. The van der Waals surface area contributed by atoms with Crippen molar-refractivity contribution in [3.05, 3.63) is 16.1 Å². The first-order valence-corrected chi connectivity index (χ1v) is 7.94. The van der Waals surface area contributed by atoms with E-state index in [4.69, 9.17) is 5.73 Å². The summed E-state index contributed by atoms with van der Waals surface area (Å²) in [5.74, 6) is -0.161. The first-order chi connectivity index (χ1) is 10.4. The normalized spacial score (nSPS) is 19.2. The number of aromatic nitrogens is 1. The fraction of sp³-hybridized carbons (Fsp3) is 0.692. The summed E-state index contributed by atoms with van der Waals surface area (Å²) in [4.78, 5) is 17.9. The molecular weight excluding hydrogens is 353 g/mol. The van der Waals surface area contributed by atoms with E-state index in [2.05, 4.69) is 10.3 Å². The molecule has 1 aromatic heterocycles. The third kappa shape index (κ3) is 5.91. The topological polar surface area (TPSA) is 71.2 Å². The summed E-state index contributed by atoms with van der Waals surface area (Å²) < 4.78 is 37.6. The second kappa shape index (κ2) is 8.81. The molecule has 1 amide bonds. The van der Waals surface area contributed by atoms with E-state index in [1.54, 1.807) is 0 Å². The van der Waals surface area contributed by atoms with Gasteiger partial charge in [-0.2, -0.15) is 13.2 Å². The van der Waals surface area contributed by atoms with Gasteiger partial charge in [0.1, 0.15) is 0 Å². The van der Waals surface area contributed by atoms with Gasteiger partial charge in [0.05, 0.1) is 5.92 Å². The second-order valence-electron chi connectivity index (χ2n) is 5.28. The smallest absolute Gasteiger partial charge is 0.355 e. The molecule has 0 radical (unpaired) electrons. The summed E-state index contributed by atoms with van der Waals surface area (Å²) in [6.45, 7) is 2.56. The fourth-order valence-corrected chi connectivity index (χ4v) is 3.31. The van der Waals surface area contributed by atoms with Crippen LogP contribution >= 0.6 is 23.7 Å². The maximum absolute atomic E-state index is 12.5. The first kappa shape index (κ1) is 20.1. The van der Waals surface area contributed by atoms with Crippen LogP contribution in [-0.4, -0.2) is 42.0 Å². The molecule has 1 fully saturated rings. The Hall–Kier alpha value is -0.900. The van der Waals surface area contributed by atoms with Gasteiger partial charge in [0.15, 0.2) is 5.01 Å². The molecule has 132 valence electrons. The van der Waals surface area contributed by atoms with Crippen molar-refractivity contribution in [3.8, 4) is 0 Å². The van der Waals surface area contributed by atoms with Gasteiger partial charge in [-0.25, -0.2) is 4.98 Å². The van der Waals surface area contributed by atoms with Crippen LogP contribution in [0.5, 0.6) is 0 Å². The van der Waals surface area contributed by atoms with Gasteiger partial charge in [-0.3, -0.25) is 9.69 Å². The molecule has 0 aliphatic carbocycles. The Kier molecular flexibility index (Phi) is 7.72. The number of hydrogen-bond donors (Lipinski definition) is 2. The lowest BCUT2D eigenvalue weighted by Gasteiger charge is -2.31. The lowest BCUT2D eigenvalue weighted by Crippen LogP contribution is -2.43. The molecule has 1 atom stereocenters. The predicted octanol–water partition coefficient (Wildman–Crippen LogP) is 1.87. The van der Waals surface area contributed by atoms with Crippen LogP contribution in [-0.2, 0) is 17.5 Å². The Morgan fingerprint density at radius 2 is 2.26 bits per heavy atom. The number of halogens is 4. The lowest BCUT2D eigenvalue weighted by atomic mass is 9.97. The van der Waals surface area contributed by atoms with Crippen LogP contribution in [0.25, 0.3) is 0 Å². The summed E-state index contributed by atoms with van der Waals surface area (Å²) >= 11 is 0.662. The maximum atomic E-state index is 12.5. The van der Waals surface area contributed by atoms with Gasteiger partial charge in [0.25, 0.3) is 0 Å². The van der Waals surface area contributed by atoms with Crippen molar-refractivity contribution in [2.24, 2.45) is 11.7 Å². The fourth-order valence-electron chi connectivity index (χ4n) is 2.48. The molecule has 2 heterocycles. The Morgan fingerprint density at radius 1 is 1.52 bits per heavy atom. The van der Waals surface area contributed by atoms with Crippen molar-refractivity contribution >= 4 is 29.7 Å². The highest BCUT2D eigenvalue weighted by Crippen LogP contribution is 2.33. The van der Waals surface area contributed by atoms with Crippen LogP contribution in [0.15, 0.2) is 6.20 Å². The van der Waals surface area contributed by atoms with Crippen LogP contribution in [0.3, 0.4) is 0 Å². The lowest BCUT2D eigenvalue weighted by molar-refractivity contribution is -0.137. The number of nitrogens with two attached hydrogens (primary N) is 1. The summed E-state index contributed by atoms with van der Waals surface area (Å²) in [5, 5.41) is 1.94. The van der Waals surface area contributed by atoms with Gasteiger partial charge in [0, 0.05) is 37.3 Å². The van der Waals surface area contributed by atoms with E-state index in [0.717, 1.165) is 19.4 Å². The number of rotatable bonds is 5. The molecule has 23 heavy (non-hydrogen) atoms. The molecule has 1 aliphatic rings. The van der Waals surface area contributed by atoms with Crippen molar-refractivity contribution in [2.75, 3.05) is 26.2 Å². The molecule has 0 bridgehead atoms. The van der Waals surface area contributed by atoms with E-state index in [9.17, 15) is 18.0 Å². The average molecular weight is 373 g/mol. The minimum atomic E-state index is -4.39. The average Bonchev–Trinajstić information content (AvgIpc) is 2.93. The van der Waals surface area contributed by atoms with Crippen LogP contribution < -0.4 is 11.1 Å². The molecule has 3 N–H and O–H groups in total. The highest BCUT2D eigenvalue weighted by molar-refractivity contribution is 7.11. The van der Waals surface area contributed by atoms with Gasteiger partial charge >= 0.3 is 6.18 Å². The Labute approximate surface area is 142 Å². The zero-order chi connectivity index (χ0) is 16.2. The standard InChI is InChI=1S/C13H19F3N4OS.ClH/c14-13(15,16)12-19-6-10(22-12)8-20-5-1-2-9(7-20)11(21)18-4-3-17;/h6,9H,1-5,7-8,17H2,(H,18,21);1H. The van der Waals surface area contributed by atoms with Crippen molar-refractivity contribution < 1.29 is 18.0 Å². The predicted molar refractivity (Wildman–Crippen MR) is 84.4 cm³/mol. The number of likely N-dealkylation sites (tertiary alicyclic amines) is 1. The molecule has 2 rings (SSSR count). The third-order valence-electron chi connectivity index (χ3n) is 3.50. The number of carbonyl (C=O) groups excluding carboxylic acids is 1. The van der Waals surface area contributed by atoms with Gasteiger partial charge in [0.2, 0.25) is 5.91 Å². The number of carbonyl (C=O) groups is 1. The van der Waals surface area contributed by atoms with E-state index in [0.29, 0.717) is 42.4 Å². The molecule has 10 heteroatoms. The molecule has 1 aliphatic heterocycles. The number of piperidine rings is 1. The summed E-state index contributed by atoms with van der Waals surface area (Å²) in [6.07, 6.45) is -1.48. The largest absolute Gasteiger partial charge is 0.443 e. The summed E-state index contributed by atoms with van der Waals surface area (Å²) in [5.41, 5.74) is 5.35. The molecule has 0 spiro atoms. The van der Waals surface area contributed by atoms with Crippen LogP contribution in [0.4, 0.5) is 13.2 Å². The SMILES string of the molecule is Cl.NCCNC(=O)C1CCCN(Cc2cnc(C(F)(F)F)s2)C1. The van der Waals surface area contributed by atoms with Crippen molar-refractivity contribution in [3.63, 3.8) is 0 Å². The van der Waals surface area contributed by atoms with E-state index >= 15 is 0 Å². The molecule has 1 unspecified atom stereocenters. The highest BCUT2D eigenvalue weighted by Gasteiger charge is 2.35. The maximum Gasteiger partial charge on any atom is 0.443 e. The number of nitrogens with zero attached hydrogens (tertiary/aromatic N) is 2. The Bertz CT molecular complexity index is 512. The van der Waals surface area contributed by atoms with Gasteiger partial charge in [-0.1, -0.05) is 0 Å². The molecule has 5 nitrogen and oxygen atoms in total. The molecule has 0 aromatic carbocycles. The molecule has 1 aromatic rings. The third-order valence-corrected chi connectivity index (χ3v) is 4.52. The van der Waals surface area contributed by atoms with E-state index in [1.165, 1.54) is 6.20 Å². The first-order valence-electron chi connectivity index (χ1n) is 7.12. The van der Waals surface area contributed by atoms with Crippen molar-refractivity contribution in [1.29, 1.82) is 0 Å². The molecule has 0 saturated carbocycles. The Balaban J connectivity index is 0.00000264. The molecule has 1 saturated heterocycles. The summed E-state index contributed by atoms with van der Waals surface area (Å²) in [7, 11) is 0. The quantitative estimate of drug-likeness (QED) is 0.827.